The van der Waals surface area contributed by atoms with Crippen molar-refractivity contribution in [3.63, 3.8) is 0 Å². The fourth-order valence-electron chi connectivity index (χ4n) is 2.00. The smallest absolute Gasteiger partial charge is 0.182 e. The van der Waals surface area contributed by atoms with Gasteiger partial charge in [-0.1, -0.05) is 19.0 Å². The van der Waals surface area contributed by atoms with E-state index < -0.39 is 0 Å². The van der Waals surface area contributed by atoms with E-state index in [-0.39, 0.29) is 0 Å². The third kappa shape index (κ3) is 1.93. The minimum absolute atomic E-state index is 0.524. The summed E-state index contributed by atoms with van der Waals surface area (Å²) >= 11 is 3.48. The highest BCUT2D eigenvalue weighted by Gasteiger charge is 2.18. The van der Waals surface area contributed by atoms with Gasteiger partial charge in [0.25, 0.3) is 0 Å². The van der Waals surface area contributed by atoms with Crippen LogP contribution in [0.5, 0.6) is 0 Å². The normalized spacial score (nSPS) is 11.7. The number of nitrogen functional groups attached to an aromatic ring is 1. The predicted octanol–water partition coefficient (Wildman–Crippen LogP) is 4.40. The molecule has 0 atom stereocenters. The first-order chi connectivity index (χ1) is 8.65. The van der Waals surface area contributed by atoms with E-state index in [1.807, 2.05) is 0 Å². The van der Waals surface area contributed by atoms with E-state index in [1.165, 1.54) is 9.40 Å². The van der Waals surface area contributed by atoms with Gasteiger partial charge in [0, 0.05) is 15.0 Å². The molecule has 0 spiro atoms. The fourth-order valence-corrected chi connectivity index (χ4v) is 4.11. The molecule has 3 aromatic heterocycles. The maximum Gasteiger partial charge on any atom is 0.182 e. The molecule has 0 aliphatic rings. The third-order valence-electron chi connectivity index (χ3n) is 2.79. The van der Waals surface area contributed by atoms with Crippen molar-refractivity contribution in [1.29, 1.82) is 0 Å². The molecular weight excluding hydrogens is 264 g/mol. The number of hydrogen-bond acceptors (Lipinski definition) is 5. The maximum absolute atomic E-state index is 5.90. The summed E-state index contributed by atoms with van der Waals surface area (Å²) in [5, 5.41) is 6.02. The van der Waals surface area contributed by atoms with Crippen LogP contribution in [-0.2, 0) is 6.42 Å². The molecule has 0 saturated carbocycles. The second-order valence-electron chi connectivity index (χ2n) is 4.73. The predicted molar refractivity (Wildman–Crippen MR) is 78.2 cm³/mol. The van der Waals surface area contributed by atoms with Crippen LogP contribution in [0.15, 0.2) is 22.0 Å². The molecule has 2 N–H and O–H groups in total. The van der Waals surface area contributed by atoms with E-state index in [0.29, 0.717) is 11.7 Å². The first-order valence-corrected chi connectivity index (χ1v) is 7.56. The molecular formula is C13H14N2OS2. The van der Waals surface area contributed by atoms with Gasteiger partial charge in [0.05, 0.1) is 4.88 Å². The molecule has 5 heteroatoms. The second-order valence-corrected chi connectivity index (χ2v) is 6.76. The van der Waals surface area contributed by atoms with Crippen LogP contribution in [0.25, 0.3) is 20.0 Å². The maximum atomic E-state index is 5.90. The van der Waals surface area contributed by atoms with Crippen molar-refractivity contribution in [2.45, 2.75) is 20.3 Å². The number of nitrogens with two attached hydrogens (primary N) is 1. The van der Waals surface area contributed by atoms with Crippen molar-refractivity contribution in [1.82, 2.24) is 5.16 Å². The van der Waals surface area contributed by atoms with Crippen molar-refractivity contribution in [2.24, 2.45) is 5.92 Å². The number of nitrogens with zero attached hydrogens (tertiary/aromatic N) is 1. The topological polar surface area (TPSA) is 52.0 Å². The largest absolute Gasteiger partial charge is 0.381 e. The van der Waals surface area contributed by atoms with Gasteiger partial charge < -0.3 is 10.3 Å². The van der Waals surface area contributed by atoms with Gasteiger partial charge in [0.2, 0.25) is 0 Å². The van der Waals surface area contributed by atoms with Crippen LogP contribution in [0.1, 0.15) is 19.4 Å². The molecule has 3 rings (SSSR count). The summed E-state index contributed by atoms with van der Waals surface area (Å²) in [5.41, 5.74) is 6.94. The lowest BCUT2D eigenvalue weighted by Gasteiger charge is -2.03. The molecule has 0 aliphatic carbocycles. The number of rotatable bonds is 3. The van der Waals surface area contributed by atoms with Crippen molar-refractivity contribution < 1.29 is 4.52 Å². The Bertz CT molecular complexity index is 650. The van der Waals surface area contributed by atoms with Crippen LogP contribution in [-0.4, -0.2) is 5.16 Å². The Morgan fingerprint density at radius 3 is 2.94 bits per heavy atom. The Morgan fingerprint density at radius 2 is 2.22 bits per heavy atom. The molecule has 3 nitrogen and oxygen atoms in total. The molecule has 0 aromatic carbocycles. The molecule has 0 unspecified atom stereocenters. The summed E-state index contributed by atoms with van der Waals surface area (Å²) < 4.78 is 8.01. The van der Waals surface area contributed by atoms with Crippen LogP contribution >= 0.6 is 22.7 Å². The minimum Gasteiger partial charge on any atom is -0.381 e. The van der Waals surface area contributed by atoms with Gasteiger partial charge in [-0.15, -0.1) is 22.7 Å². The molecule has 0 saturated heterocycles. The van der Waals surface area contributed by atoms with Crippen LogP contribution in [0, 0.1) is 5.92 Å². The molecule has 0 bridgehead atoms. The molecule has 94 valence electrons. The second kappa shape index (κ2) is 4.40. The van der Waals surface area contributed by atoms with Gasteiger partial charge >= 0.3 is 0 Å². The van der Waals surface area contributed by atoms with E-state index in [4.69, 9.17) is 10.3 Å². The van der Waals surface area contributed by atoms with E-state index >= 15 is 0 Å². The lowest BCUT2D eigenvalue weighted by molar-refractivity contribution is 0.435. The summed E-state index contributed by atoms with van der Waals surface area (Å²) in [6.45, 7) is 4.34. The number of aromatic nitrogens is 1. The minimum atomic E-state index is 0.524. The van der Waals surface area contributed by atoms with Crippen LogP contribution in [0.2, 0.25) is 0 Å². The summed E-state index contributed by atoms with van der Waals surface area (Å²) in [5.74, 6) is 1.90. The zero-order valence-electron chi connectivity index (χ0n) is 10.3. The highest BCUT2D eigenvalue weighted by molar-refractivity contribution is 7.28. The van der Waals surface area contributed by atoms with Gasteiger partial charge in [-0.2, -0.15) is 0 Å². The highest BCUT2D eigenvalue weighted by atomic mass is 32.1. The summed E-state index contributed by atoms with van der Waals surface area (Å²) in [6, 6.07) is 4.30. The molecule has 3 heterocycles. The molecule has 3 aromatic rings. The van der Waals surface area contributed by atoms with Gasteiger partial charge in [-0.25, -0.2) is 0 Å². The Hall–Kier alpha value is -1.33. The lowest BCUT2D eigenvalue weighted by atomic mass is 10.0. The zero-order valence-corrected chi connectivity index (χ0v) is 11.9. The zero-order chi connectivity index (χ0) is 12.7. The molecule has 0 fully saturated rings. The Labute approximate surface area is 113 Å². The van der Waals surface area contributed by atoms with E-state index in [0.717, 1.165) is 22.6 Å². The Balaban J connectivity index is 2.08. The summed E-state index contributed by atoms with van der Waals surface area (Å²) in [4.78, 5) is 1.12. The number of thiophene rings is 2. The number of hydrogen-bond donors (Lipinski definition) is 1. The highest BCUT2D eigenvalue weighted by Crippen LogP contribution is 2.39. The first-order valence-electron chi connectivity index (χ1n) is 5.86. The van der Waals surface area contributed by atoms with Crippen molar-refractivity contribution >= 4 is 37.9 Å². The fraction of sp³-hybridized carbons (Fsp3) is 0.308. The van der Waals surface area contributed by atoms with E-state index in [9.17, 15) is 0 Å². The average molecular weight is 278 g/mol. The molecule has 18 heavy (non-hydrogen) atoms. The van der Waals surface area contributed by atoms with Crippen LogP contribution in [0.4, 0.5) is 5.82 Å². The van der Waals surface area contributed by atoms with Gasteiger partial charge in [0.1, 0.15) is 0 Å². The van der Waals surface area contributed by atoms with Gasteiger partial charge in [0.15, 0.2) is 11.6 Å². The summed E-state index contributed by atoms with van der Waals surface area (Å²) in [6.07, 6.45) is 0.899. The number of fused-ring (bicyclic) bond motifs is 1. The van der Waals surface area contributed by atoms with E-state index in [1.54, 1.807) is 22.7 Å². The average Bonchev–Trinajstić information content (AvgIpc) is 2.93. The third-order valence-corrected chi connectivity index (χ3v) is 4.89. The van der Waals surface area contributed by atoms with Crippen molar-refractivity contribution in [3.05, 3.63) is 23.1 Å². The lowest BCUT2D eigenvalue weighted by Crippen LogP contribution is -1.98. The monoisotopic (exact) mass is 278 g/mol. The van der Waals surface area contributed by atoms with E-state index in [2.05, 4.69) is 36.5 Å². The van der Waals surface area contributed by atoms with Gasteiger partial charge in [-0.05, 0) is 29.9 Å². The van der Waals surface area contributed by atoms with Crippen LogP contribution < -0.4 is 5.73 Å². The molecule has 0 radical (unpaired) electrons. The van der Waals surface area contributed by atoms with Crippen molar-refractivity contribution in [3.8, 4) is 10.6 Å². The Kier molecular flexibility index (Phi) is 2.87. The van der Waals surface area contributed by atoms with Gasteiger partial charge in [-0.3, -0.25) is 0 Å². The standard InChI is InChI=1S/C13H14N2OS2/c1-7(2)5-8-12(16-15-13(8)14)11-6-10-9(18-11)3-4-17-10/h3-4,6-7H,5H2,1-2H3,(H2,14,15). The SMILES string of the molecule is CC(C)Cc1c(N)noc1-c1cc2sccc2s1. The summed E-state index contributed by atoms with van der Waals surface area (Å²) in [7, 11) is 0. The molecule has 0 aliphatic heterocycles. The van der Waals surface area contributed by atoms with Crippen molar-refractivity contribution in [2.75, 3.05) is 5.73 Å². The quantitative estimate of drug-likeness (QED) is 0.772. The number of anilines is 1. The Morgan fingerprint density at radius 1 is 1.39 bits per heavy atom. The van der Waals surface area contributed by atoms with Crippen LogP contribution in [0.3, 0.4) is 0 Å². The first kappa shape index (κ1) is 11.7. The molecule has 0 amide bonds.